The summed E-state index contributed by atoms with van der Waals surface area (Å²) in [4.78, 5) is 9.88. The van der Waals surface area contributed by atoms with Crippen LogP contribution in [-0.4, -0.2) is 54.8 Å². The van der Waals surface area contributed by atoms with Crippen molar-refractivity contribution in [3.05, 3.63) is 0 Å². The van der Waals surface area contributed by atoms with Gasteiger partial charge in [0.2, 0.25) is 0 Å². The van der Waals surface area contributed by atoms with E-state index in [-0.39, 0.29) is 29.6 Å². The molecule has 0 radical (unpaired) electrons. The van der Waals surface area contributed by atoms with E-state index in [1.165, 1.54) is 0 Å². The predicted molar refractivity (Wildman–Crippen MR) is 33.2 cm³/mol. The van der Waals surface area contributed by atoms with Crippen LogP contribution < -0.4 is 5.32 Å². The van der Waals surface area contributed by atoms with E-state index < -0.39 is 15.4 Å². The quantitative estimate of drug-likeness (QED) is 0.338. The molecule has 0 aromatic heterocycles. The predicted octanol–water partition coefficient (Wildman–Crippen LogP) is -1.43. The number of hydrogen-bond donors (Lipinski definition) is 2. The molecule has 0 heterocycles. The number of carbonyl (C=O) groups excluding carboxylic acids is 1. The molecule has 0 saturated carbocycles. The summed E-state index contributed by atoms with van der Waals surface area (Å²) in [5.41, 5.74) is 0. The Hall–Kier alpha value is 0.380. The molecular weight excluding hydrogens is 157 g/mol. The number of nitrogens with one attached hydrogen (secondary N) is 1. The van der Waals surface area contributed by atoms with E-state index in [0.29, 0.717) is 0 Å². The molecule has 0 aromatic rings. The van der Waals surface area contributed by atoms with E-state index in [2.05, 4.69) is 0 Å². The van der Waals surface area contributed by atoms with Gasteiger partial charge in [-0.3, -0.25) is 9.35 Å². The number of hydrogen-bond acceptors (Lipinski definition) is 3. The fraction of sp³-hybridized carbons (Fsp3) is 0.500. The van der Waals surface area contributed by atoms with E-state index in [9.17, 15) is 13.2 Å². The molecule has 9 heavy (non-hydrogen) atoms. The second-order valence-electron chi connectivity index (χ2n) is 1.01. The van der Waals surface area contributed by atoms with Crippen molar-refractivity contribution >= 4 is 44.9 Å². The SMILES string of the molecule is CNC(=O)S(=O)(=O)O.[NaH]. The molecule has 7 heteroatoms. The second-order valence-corrected chi connectivity index (χ2v) is 2.33. The summed E-state index contributed by atoms with van der Waals surface area (Å²) in [7, 11) is -3.40. The fourth-order valence-electron chi connectivity index (χ4n) is 0.129. The van der Waals surface area contributed by atoms with Crippen molar-refractivity contribution in [1.29, 1.82) is 0 Å². The summed E-state index contributed by atoms with van der Waals surface area (Å²) in [5.74, 6) is 0. The molecule has 0 rings (SSSR count). The standard InChI is InChI=1S/C2H5NO4S.Na.H/c1-3-2(4)8(5,6)7;;/h1H3,(H,3,4)(H,5,6,7);;. The maximum atomic E-state index is 9.88. The molecule has 50 valence electrons. The van der Waals surface area contributed by atoms with Crippen LogP contribution in [0.3, 0.4) is 0 Å². The summed E-state index contributed by atoms with van der Waals surface area (Å²) in [6.45, 7) is 0. The summed E-state index contributed by atoms with van der Waals surface area (Å²) in [6, 6.07) is 0. The minimum absolute atomic E-state index is 0. The first-order chi connectivity index (χ1) is 3.48. The van der Waals surface area contributed by atoms with Crippen molar-refractivity contribution in [3.8, 4) is 0 Å². The number of amides is 1. The van der Waals surface area contributed by atoms with Gasteiger partial charge in [0.05, 0.1) is 0 Å². The molecule has 5 nitrogen and oxygen atoms in total. The van der Waals surface area contributed by atoms with Crippen molar-refractivity contribution in [1.82, 2.24) is 5.32 Å². The molecule has 0 saturated heterocycles. The van der Waals surface area contributed by atoms with Gasteiger partial charge in [0.1, 0.15) is 0 Å². The maximum absolute atomic E-state index is 9.88. The summed E-state index contributed by atoms with van der Waals surface area (Å²) >= 11 is 0. The van der Waals surface area contributed by atoms with E-state index in [1.54, 1.807) is 5.32 Å². The van der Waals surface area contributed by atoms with Crippen LogP contribution in [0.25, 0.3) is 0 Å². The molecule has 0 aliphatic rings. The van der Waals surface area contributed by atoms with E-state index in [4.69, 9.17) is 4.55 Å². The molecule has 0 fully saturated rings. The van der Waals surface area contributed by atoms with Crippen molar-refractivity contribution in [3.63, 3.8) is 0 Å². The Balaban J connectivity index is 0. The molecule has 0 aromatic carbocycles. The van der Waals surface area contributed by atoms with Crippen molar-refractivity contribution < 1.29 is 17.8 Å². The molecular formula is C2H6NNaO4S. The third-order valence-corrected chi connectivity index (χ3v) is 1.11. The van der Waals surface area contributed by atoms with E-state index in [0.717, 1.165) is 7.05 Å². The summed E-state index contributed by atoms with van der Waals surface area (Å²) < 4.78 is 27.3. The van der Waals surface area contributed by atoms with Gasteiger partial charge in [0.25, 0.3) is 0 Å². The molecule has 0 unspecified atom stereocenters. The number of carbonyl (C=O) groups is 1. The minimum atomic E-state index is -4.50. The zero-order valence-corrected chi connectivity index (χ0v) is 4.90. The Kier molecular flexibility index (Phi) is 5.69. The molecule has 0 aliphatic heterocycles. The van der Waals surface area contributed by atoms with Gasteiger partial charge in [-0.2, -0.15) is 8.42 Å². The Bertz CT molecular complexity index is 185. The molecule has 2 N–H and O–H groups in total. The Labute approximate surface area is 74.9 Å². The van der Waals surface area contributed by atoms with Crippen LogP contribution in [-0.2, 0) is 10.1 Å². The summed E-state index contributed by atoms with van der Waals surface area (Å²) in [5, 5.41) is 0.337. The van der Waals surface area contributed by atoms with Crippen LogP contribution in [0.4, 0.5) is 4.79 Å². The average Bonchev–Trinajstić information content (AvgIpc) is 1.62. The van der Waals surface area contributed by atoms with Crippen molar-refractivity contribution in [2.24, 2.45) is 0 Å². The first-order valence-corrected chi connectivity index (χ1v) is 3.11. The second kappa shape index (κ2) is 4.24. The van der Waals surface area contributed by atoms with Gasteiger partial charge >= 0.3 is 44.9 Å². The Morgan fingerprint density at radius 3 is 1.89 bits per heavy atom. The monoisotopic (exact) mass is 163 g/mol. The number of rotatable bonds is 0. The average molecular weight is 163 g/mol. The van der Waals surface area contributed by atoms with Crippen LogP contribution in [0.2, 0.25) is 0 Å². The van der Waals surface area contributed by atoms with E-state index >= 15 is 0 Å². The van der Waals surface area contributed by atoms with Crippen LogP contribution >= 0.6 is 0 Å². The van der Waals surface area contributed by atoms with Gasteiger partial charge in [0.15, 0.2) is 0 Å². The van der Waals surface area contributed by atoms with Crippen LogP contribution in [0.5, 0.6) is 0 Å². The van der Waals surface area contributed by atoms with Crippen LogP contribution in [0, 0.1) is 0 Å². The third-order valence-electron chi connectivity index (χ3n) is 0.438. The molecule has 0 aliphatic carbocycles. The van der Waals surface area contributed by atoms with Crippen LogP contribution in [0.15, 0.2) is 0 Å². The van der Waals surface area contributed by atoms with Gasteiger partial charge in [-0.05, 0) is 0 Å². The van der Waals surface area contributed by atoms with Crippen LogP contribution in [0.1, 0.15) is 0 Å². The molecule has 1 amide bonds. The zero-order chi connectivity index (χ0) is 6.78. The Morgan fingerprint density at radius 2 is 1.89 bits per heavy atom. The van der Waals surface area contributed by atoms with Gasteiger partial charge in [0, 0.05) is 7.05 Å². The van der Waals surface area contributed by atoms with Gasteiger partial charge < -0.3 is 5.32 Å². The third kappa shape index (κ3) is 4.86. The van der Waals surface area contributed by atoms with Gasteiger partial charge in [-0.15, -0.1) is 0 Å². The topological polar surface area (TPSA) is 83.5 Å². The van der Waals surface area contributed by atoms with E-state index in [1.807, 2.05) is 0 Å². The molecule has 0 bridgehead atoms. The van der Waals surface area contributed by atoms with Crippen molar-refractivity contribution in [2.45, 2.75) is 0 Å². The van der Waals surface area contributed by atoms with Crippen molar-refractivity contribution in [2.75, 3.05) is 7.05 Å². The molecule has 0 atom stereocenters. The molecule has 0 spiro atoms. The first-order valence-electron chi connectivity index (χ1n) is 1.67. The Morgan fingerprint density at radius 1 is 1.56 bits per heavy atom. The first kappa shape index (κ1) is 12.1. The summed E-state index contributed by atoms with van der Waals surface area (Å²) in [6.07, 6.45) is 0. The van der Waals surface area contributed by atoms with Gasteiger partial charge in [-0.1, -0.05) is 0 Å². The zero-order valence-electron chi connectivity index (χ0n) is 4.08. The fourth-order valence-corrected chi connectivity index (χ4v) is 0.387. The van der Waals surface area contributed by atoms with Gasteiger partial charge in [-0.25, -0.2) is 0 Å². The normalized spacial score (nSPS) is 9.56.